The van der Waals surface area contributed by atoms with E-state index in [0.717, 1.165) is 12.3 Å². The minimum absolute atomic E-state index is 0.0159. The first-order valence-electron chi connectivity index (χ1n) is 6.29. The maximum atomic E-state index is 10.2. The van der Waals surface area contributed by atoms with Crippen LogP contribution in [0.2, 0.25) is 0 Å². The van der Waals surface area contributed by atoms with Crippen LogP contribution in [0.3, 0.4) is 0 Å². The van der Waals surface area contributed by atoms with Crippen LogP contribution in [-0.2, 0) is 0 Å². The quantitative estimate of drug-likeness (QED) is 0.734. The third kappa shape index (κ3) is 1.98. The second kappa shape index (κ2) is 3.84. The lowest BCUT2D eigenvalue weighted by molar-refractivity contribution is 0.0122. The van der Waals surface area contributed by atoms with Gasteiger partial charge < -0.3 is 5.11 Å². The lowest BCUT2D eigenvalue weighted by Gasteiger charge is -2.41. The largest absolute Gasteiger partial charge is 0.393 e. The van der Waals surface area contributed by atoms with E-state index in [9.17, 15) is 5.11 Å². The van der Waals surface area contributed by atoms with Crippen molar-refractivity contribution in [3.63, 3.8) is 0 Å². The number of aliphatic hydroxyl groups is 1. The van der Waals surface area contributed by atoms with Crippen molar-refractivity contribution < 1.29 is 5.11 Å². The Hall–Kier alpha value is -0.0400. The van der Waals surface area contributed by atoms with Crippen LogP contribution < -0.4 is 0 Å². The Kier molecular flexibility index (Phi) is 2.88. The molecule has 3 unspecified atom stereocenters. The second-order valence-electron chi connectivity index (χ2n) is 6.01. The van der Waals surface area contributed by atoms with E-state index in [4.69, 9.17) is 0 Å². The fourth-order valence-corrected chi connectivity index (χ4v) is 3.39. The molecule has 2 saturated carbocycles. The van der Waals surface area contributed by atoms with Gasteiger partial charge in [0.25, 0.3) is 0 Å². The summed E-state index contributed by atoms with van der Waals surface area (Å²) in [5.74, 6) is 1.36. The molecular formula is C13H24O. The van der Waals surface area contributed by atoms with Gasteiger partial charge in [0.05, 0.1) is 6.10 Å². The fourth-order valence-electron chi connectivity index (χ4n) is 3.39. The average molecular weight is 196 g/mol. The predicted molar refractivity (Wildman–Crippen MR) is 59.1 cm³/mol. The molecule has 0 aromatic heterocycles. The van der Waals surface area contributed by atoms with Crippen molar-refractivity contribution in [2.45, 2.75) is 64.9 Å². The van der Waals surface area contributed by atoms with E-state index >= 15 is 0 Å². The Morgan fingerprint density at radius 3 is 2.43 bits per heavy atom. The molecule has 0 aromatic carbocycles. The molecule has 0 aromatic rings. The number of aliphatic hydroxyl groups excluding tert-OH is 1. The van der Waals surface area contributed by atoms with Crippen molar-refractivity contribution in [2.24, 2.45) is 17.3 Å². The Balaban J connectivity index is 1.85. The van der Waals surface area contributed by atoms with E-state index in [-0.39, 0.29) is 6.10 Å². The van der Waals surface area contributed by atoms with E-state index in [0.29, 0.717) is 11.3 Å². The molecule has 0 amide bonds. The zero-order chi connectivity index (χ0) is 10.2. The molecule has 0 aliphatic heterocycles. The maximum Gasteiger partial charge on any atom is 0.0576 e. The van der Waals surface area contributed by atoms with Crippen molar-refractivity contribution in [1.29, 1.82) is 0 Å². The summed E-state index contributed by atoms with van der Waals surface area (Å²) >= 11 is 0. The highest BCUT2D eigenvalue weighted by molar-refractivity contribution is 4.89. The maximum absolute atomic E-state index is 10.2. The number of hydrogen-bond acceptors (Lipinski definition) is 1. The average Bonchev–Trinajstić information content (AvgIpc) is 2.48. The van der Waals surface area contributed by atoms with Gasteiger partial charge in [0, 0.05) is 0 Å². The number of rotatable bonds is 3. The minimum Gasteiger partial charge on any atom is -0.393 e. The lowest BCUT2D eigenvalue weighted by atomic mass is 9.66. The summed E-state index contributed by atoms with van der Waals surface area (Å²) in [6.07, 6.45) is 9.02. The van der Waals surface area contributed by atoms with Crippen LogP contribution in [0.5, 0.6) is 0 Å². The molecule has 1 heteroatoms. The molecule has 0 heterocycles. The van der Waals surface area contributed by atoms with Gasteiger partial charge in [-0.3, -0.25) is 0 Å². The van der Waals surface area contributed by atoms with Crippen LogP contribution in [0.4, 0.5) is 0 Å². The molecule has 82 valence electrons. The third-order valence-electron chi connectivity index (χ3n) is 4.68. The molecule has 1 N–H and O–H groups in total. The summed E-state index contributed by atoms with van der Waals surface area (Å²) in [7, 11) is 0. The van der Waals surface area contributed by atoms with E-state index in [1.54, 1.807) is 0 Å². The van der Waals surface area contributed by atoms with Gasteiger partial charge in [0.2, 0.25) is 0 Å². The molecule has 0 bridgehead atoms. The Morgan fingerprint density at radius 1 is 1.29 bits per heavy atom. The summed E-state index contributed by atoms with van der Waals surface area (Å²) in [4.78, 5) is 0. The van der Waals surface area contributed by atoms with E-state index in [1.807, 2.05) is 0 Å². The molecule has 0 saturated heterocycles. The highest BCUT2D eigenvalue weighted by atomic mass is 16.3. The predicted octanol–water partition coefficient (Wildman–Crippen LogP) is 3.36. The van der Waals surface area contributed by atoms with Gasteiger partial charge in [-0.05, 0) is 42.9 Å². The highest BCUT2D eigenvalue weighted by Gasteiger charge is 2.38. The van der Waals surface area contributed by atoms with Gasteiger partial charge in [-0.1, -0.05) is 33.1 Å². The van der Waals surface area contributed by atoms with Crippen LogP contribution in [0.25, 0.3) is 0 Å². The van der Waals surface area contributed by atoms with Gasteiger partial charge in [0.1, 0.15) is 0 Å². The van der Waals surface area contributed by atoms with Gasteiger partial charge >= 0.3 is 0 Å². The van der Waals surface area contributed by atoms with Crippen molar-refractivity contribution in [3.05, 3.63) is 0 Å². The topological polar surface area (TPSA) is 20.2 Å². The van der Waals surface area contributed by atoms with E-state index in [1.165, 1.54) is 38.5 Å². The molecule has 2 aliphatic carbocycles. The van der Waals surface area contributed by atoms with Gasteiger partial charge in [0.15, 0.2) is 0 Å². The van der Waals surface area contributed by atoms with Gasteiger partial charge in [-0.2, -0.15) is 0 Å². The Bertz CT molecular complexity index is 195. The summed E-state index contributed by atoms with van der Waals surface area (Å²) in [5.41, 5.74) is 0.488. The highest BCUT2D eigenvalue weighted by Crippen LogP contribution is 2.46. The number of hydrogen-bond donors (Lipinski definition) is 1. The lowest BCUT2D eigenvalue weighted by Crippen LogP contribution is -2.34. The van der Waals surface area contributed by atoms with Crippen molar-refractivity contribution in [2.75, 3.05) is 0 Å². The summed E-state index contributed by atoms with van der Waals surface area (Å²) < 4.78 is 0. The molecule has 2 aliphatic rings. The summed E-state index contributed by atoms with van der Waals surface area (Å²) in [5, 5.41) is 10.2. The zero-order valence-corrected chi connectivity index (χ0v) is 9.63. The Labute approximate surface area is 87.9 Å². The first-order valence-corrected chi connectivity index (χ1v) is 6.29. The summed E-state index contributed by atoms with van der Waals surface area (Å²) in [6, 6.07) is 0. The van der Waals surface area contributed by atoms with Crippen molar-refractivity contribution in [1.82, 2.24) is 0 Å². The molecule has 2 fully saturated rings. The monoisotopic (exact) mass is 196 g/mol. The molecule has 3 atom stereocenters. The molecular weight excluding hydrogens is 172 g/mol. The first kappa shape index (κ1) is 10.5. The van der Waals surface area contributed by atoms with E-state index < -0.39 is 0 Å². The third-order valence-corrected chi connectivity index (χ3v) is 4.68. The second-order valence-corrected chi connectivity index (χ2v) is 6.01. The van der Waals surface area contributed by atoms with Crippen molar-refractivity contribution in [3.8, 4) is 0 Å². The summed E-state index contributed by atoms with van der Waals surface area (Å²) in [6.45, 7) is 4.66. The van der Waals surface area contributed by atoms with Gasteiger partial charge in [-0.25, -0.2) is 0 Å². The van der Waals surface area contributed by atoms with Crippen LogP contribution >= 0.6 is 0 Å². The smallest absolute Gasteiger partial charge is 0.0576 e. The van der Waals surface area contributed by atoms with Crippen LogP contribution in [0, 0.1) is 17.3 Å². The molecule has 0 spiro atoms. The van der Waals surface area contributed by atoms with Crippen LogP contribution in [0.15, 0.2) is 0 Å². The van der Waals surface area contributed by atoms with Crippen LogP contribution in [-0.4, -0.2) is 11.2 Å². The zero-order valence-electron chi connectivity index (χ0n) is 9.63. The molecule has 2 rings (SSSR count). The molecule has 0 radical (unpaired) electrons. The van der Waals surface area contributed by atoms with Crippen LogP contribution in [0.1, 0.15) is 58.8 Å². The first-order chi connectivity index (χ1) is 6.61. The molecule has 1 nitrogen and oxygen atoms in total. The normalized spacial score (nSPS) is 37.9. The minimum atomic E-state index is -0.0159. The SMILES string of the molecule is CC1CCCC1C(O)CC1(C)CCC1. The van der Waals surface area contributed by atoms with E-state index in [2.05, 4.69) is 13.8 Å². The van der Waals surface area contributed by atoms with Gasteiger partial charge in [-0.15, -0.1) is 0 Å². The Morgan fingerprint density at radius 2 is 2.00 bits per heavy atom. The standard InChI is InChI=1S/C13H24O/c1-10-5-3-6-11(10)12(14)9-13(2)7-4-8-13/h10-12,14H,3-9H2,1-2H3. The molecule has 14 heavy (non-hydrogen) atoms. The van der Waals surface area contributed by atoms with Crippen molar-refractivity contribution >= 4 is 0 Å². The fraction of sp³-hybridized carbons (Fsp3) is 1.00.